The van der Waals surface area contributed by atoms with Crippen molar-refractivity contribution >= 4 is 29.6 Å². The van der Waals surface area contributed by atoms with E-state index in [1.165, 1.54) is 0 Å². The van der Waals surface area contributed by atoms with E-state index in [0.29, 0.717) is 23.5 Å². The predicted octanol–water partition coefficient (Wildman–Crippen LogP) is -5.00. The first-order valence-corrected chi connectivity index (χ1v) is 6.64. The number of rotatable bonds is 1. The van der Waals surface area contributed by atoms with Crippen molar-refractivity contribution in [3.05, 3.63) is 0 Å². The molecule has 1 saturated heterocycles. The van der Waals surface area contributed by atoms with Crippen LogP contribution in [0, 0.1) is 0 Å². The molecule has 0 bridgehead atoms. The van der Waals surface area contributed by atoms with Crippen LogP contribution in [0.2, 0.25) is 0 Å². The third-order valence-corrected chi connectivity index (χ3v) is 3.81. The number of hydrogen-bond donors (Lipinski definition) is 6. The summed E-state index contributed by atoms with van der Waals surface area (Å²) in [5.41, 5.74) is -9.21. The molecule has 1 rings (SSSR count). The molecule has 0 aromatic rings. The van der Waals surface area contributed by atoms with Gasteiger partial charge in [0.15, 0.2) is 29.2 Å². The summed E-state index contributed by atoms with van der Waals surface area (Å²) >= 11 is 0. The summed E-state index contributed by atoms with van der Waals surface area (Å²) in [5.74, 6) is -4.00. The molecule has 0 saturated carbocycles. The summed E-state index contributed by atoms with van der Waals surface area (Å²) in [6.07, 6.45) is -19.7. The van der Waals surface area contributed by atoms with Crippen LogP contribution in [0.25, 0.3) is 0 Å². The quantitative estimate of drug-likeness (QED) is 0.147. The van der Waals surface area contributed by atoms with E-state index in [1.807, 2.05) is 0 Å². The minimum atomic E-state index is -6.13. The van der Waals surface area contributed by atoms with Gasteiger partial charge in [-0.3, -0.25) is 5.32 Å². The summed E-state index contributed by atoms with van der Waals surface area (Å²) in [6, 6.07) is 0. The van der Waals surface area contributed by atoms with Crippen LogP contribution in [-0.2, 0) is 4.74 Å². The maximum atomic E-state index is 12.5. The standard InChI is InChI=1S/C8H13B3F6N2O7/c9-5(21)7(11,23)19(8(24,25)6(10,22)18-5)2(20)26-1(3(12,13)14)4(15,16)17/h1,18,21-25H,9-11H2. The van der Waals surface area contributed by atoms with Crippen molar-refractivity contribution in [1.82, 2.24) is 10.2 Å². The van der Waals surface area contributed by atoms with Crippen molar-refractivity contribution < 1.29 is 61.4 Å². The van der Waals surface area contributed by atoms with Crippen molar-refractivity contribution in [3.63, 3.8) is 0 Å². The van der Waals surface area contributed by atoms with Crippen molar-refractivity contribution in [2.24, 2.45) is 0 Å². The third kappa shape index (κ3) is 3.61. The monoisotopic (exact) mass is 396 g/mol. The van der Waals surface area contributed by atoms with Crippen molar-refractivity contribution in [2.75, 3.05) is 0 Å². The zero-order chi connectivity index (χ0) is 21.1. The van der Waals surface area contributed by atoms with Gasteiger partial charge in [0.25, 0.3) is 12.0 Å². The molecule has 1 aliphatic rings. The molecule has 0 radical (unpaired) electrons. The number of ether oxygens (including phenoxy) is 1. The Hall–Kier alpha value is -1.20. The molecule has 1 aliphatic heterocycles. The molecule has 0 aromatic carbocycles. The van der Waals surface area contributed by atoms with Gasteiger partial charge < -0.3 is 30.3 Å². The zero-order valence-corrected chi connectivity index (χ0v) is 13.3. The first-order valence-electron chi connectivity index (χ1n) is 6.64. The Kier molecular flexibility index (Phi) is 5.18. The Labute approximate surface area is 143 Å². The van der Waals surface area contributed by atoms with Crippen LogP contribution in [0.4, 0.5) is 31.1 Å². The largest absolute Gasteiger partial charge is 0.434 e. The highest BCUT2D eigenvalue weighted by Gasteiger charge is 2.69. The molecular weight excluding hydrogens is 383 g/mol. The van der Waals surface area contributed by atoms with Crippen LogP contribution in [0.3, 0.4) is 0 Å². The van der Waals surface area contributed by atoms with Crippen LogP contribution >= 0.6 is 0 Å². The molecule has 148 valence electrons. The molecule has 9 nitrogen and oxygen atoms in total. The van der Waals surface area contributed by atoms with E-state index in [0.717, 1.165) is 0 Å². The van der Waals surface area contributed by atoms with Crippen molar-refractivity contribution in [1.29, 1.82) is 0 Å². The first-order chi connectivity index (χ1) is 11.1. The van der Waals surface area contributed by atoms with E-state index in [4.69, 9.17) is 0 Å². The van der Waals surface area contributed by atoms with Crippen LogP contribution in [0.15, 0.2) is 0 Å². The third-order valence-electron chi connectivity index (χ3n) is 3.81. The fourth-order valence-corrected chi connectivity index (χ4v) is 2.19. The molecule has 3 atom stereocenters. The van der Waals surface area contributed by atoms with Crippen LogP contribution in [0.1, 0.15) is 0 Å². The SMILES string of the molecule is BC1(O)NC(B)(O)C(O)(O)N(C(=O)OC(C(F)(F)F)C(F)(F)F)C1(B)O. The van der Waals surface area contributed by atoms with E-state index in [2.05, 4.69) is 4.74 Å². The summed E-state index contributed by atoms with van der Waals surface area (Å²) in [4.78, 5) is 11.0. The van der Waals surface area contributed by atoms with Gasteiger partial charge in [0.1, 0.15) is 11.2 Å². The van der Waals surface area contributed by atoms with Crippen molar-refractivity contribution in [2.45, 2.75) is 41.2 Å². The molecule has 1 amide bonds. The molecule has 18 heteroatoms. The second kappa shape index (κ2) is 5.90. The van der Waals surface area contributed by atoms with Crippen molar-refractivity contribution in [3.8, 4) is 0 Å². The second-order valence-electron chi connectivity index (χ2n) is 6.11. The fraction of sp³-hybridized carbons (Fsp3) is 0.875. The van der Waals surface area contributed by atoms with Crippen LogP contribution in [-0.4, -0.2) is 101 Å². The maximum absolute atomic E-state index is 12.5. The molecule has 6 N–H and O–H groups in total. The Morgan fingerprint density at radius 2 is 1.31 bits per heavy atom. The summed E-state index contributed by atoms with van der Waals surface area (Å²) < 4.78 is 78.4. The predicted molar refractivity (Wildman–Crippen MR) is 75.0 cm³/mol. The van der Waals surface area contributed by atoms with Crippen LogP contribution < -0.4 is 5.32 Å². The van der Waals surface area contributed by atoms with E-state index in [-0.39, 0.29) is 0 Å². The second-order valence-corrected chi connectivity index (χ2v) is 6.11. The average molecular weight is 396 g/mol. The van der Waals surface area contributed by atoms with Gasteiger partial charge in [-0.25, -0.2) is 9.69 Å². The number of nitrogens with one attached hydrogen (secondary N) is 1. The van der Waals surface area contributed by atoms with Gasteiger partial charge in [-0.1, -0.05) is 0 Å². The molecule has 0 aliphatic carbocycles. The molecule has 1 fully saturated rings. The lowest BCUT2D eigenvalue weighted by atomic mass is 9.63. The topological polar surface area (TPSA) is 143 Å². The Balaban J connectivity index is 3.42. The normalized spacial score (nSPS) is 35.5. The Morgan fingerprint density at radius 1 is 0.923 bits per heavy atom. The average Bonchev–Trinajstić information content (AvgIpc) is 2.29. The van der Waals surface area contributed by atoms with Gasteiger partial charge >= 0.3 is 18.4 Å². The summed E-state index contributed by atoms with van der Waals surface area (Å²) in [5, 5.41) is 51.4. The maximum Gasteiger partial charge on any atom is 0.434 e. The highest BCUT2D eigenvalue weighted by Crippen LogP contribution is 2.40. The molecular formula is C8H13B3F6N2O7. The summed E-state index contributed by atoms with van der Waals surface area (Å²) in [6.45, 7) is 0. The van der Waals surface area contributed by atoms with E-state index in [9.17, 15) is 56.7 Å². The lowest BCUT2D eigenvalue weighted by Crippen LogP contribution is -2.91. The zero-order valence-electron chi connectivity index (χ0n) is 13.3. The summed E-state index contributed by atoms with van der Waals surface area (Å²) in [7, 11) is 1.58. The van der Waals surface area contributed by atoms with Crippen LogP contribution in [0.5, 0.6) is 0 Å². The lowest BCUT2D eigenvalue weighted by Gasteiger charge is -2.60. The number of carbonyl (C=O) groups excluding carboxylic acids is 1. The smallest absolute Gasteiger partial charge is 0.426 e. The highest BCUT2D eigenvalue weighted by molar-refractivity contribution is 6.26. The van der Waals surface area contributed by atoms with E-state index in [1.54, 1.807) is 5.32 Å². The number of piperazine rings is 1. The highest BCUT2D eigenvalue weighted by atomic mass is 19.4. The Bertz CT molecular complexity index is 542. The number of amides is 1. The van der Waals surface area contributed by atoms with E-state index < -0.39 is 52.2 Å². The number of halogens is 6. The number of nitrogens with zero attached hydrogens (tertiary/aromatic N) is 1. The first kappa shape index (κ1) is 22.8. The number of alkyl halides is 6. The van der Waals surface area contributed by atoms with E-state index >= 15 is 0 Å². The number of hydrogen-bond acceptors (Lipinski definition) is 8. The van der Waals surface area contributed by atoms with Gasteiger partial charge in [-0.2, -0.15) is 26.3 Å². The van der Waals surface area contributed by atoms with Gasteiger partial charge in [0.2, 0.25) is 0 Å². The van der Waals surface area contributed by atoms with Gasteiger partial charge in [-0.05, 0) is 0 Å². The molecule has 0 aromatic heterocycles. The minimum Gasteiger partial charge on any atom is -0.426 e. The minimum absolute atomic E-state index is 0.438. The fourth-order valence-electron chi connectivity index (χ4n) is 2.19. The molecule has 1 heterocycles. The lowest BCUT2D eigenvalue weighted by molar-refractivity contribution is -0.401. The van der Waals surface area contributed by atoms with Gasteiger partial charge in [0.05, 0.1) is 0 Å². The van der Waals surface area contributed by atoms with Gasteiger partial charge in [-0.15, -0.1) is 0 Å². The Morgan fingerprint density at radius 3 is 1.65 bits per heavy atom. The number of carbonyl (C=O) groups is 1. The molecule has 26 heavy (non-hydrogen) atoms. The number of aliphatic hydroxyl groups is 5. The van der Waals surface area contributed by atoms with Gasteiger partial charge in [0, 0.05) is 0 Å². The molecule has 3 unspecified atom stereocenters. The molecule has 0 spiro atoms.